The molecule has 2 heterocycles. The molecular formula is C24H26N2O4. The van der Waals surface area contributed by atoms with Crippen LogP contribution in [0, 0.1) is 0 Å². The van der Waals surface area contributed by atoms with Gasteiger partial charge in [-0.15, -0.1) is 0 Å². The number of carbonyl (C=O) groups is 2. The number of amides is 1. The zero-order chi connectivity index (χ0) is 21.3. The van der Waals surface area contributed by atoms with E-state index in [0.29, 0.717) is 23.4 Å². The first-order valence-electron chi connectivity index (χ1n) is 10.1. The fraction of sp³-hybridized carbons (Fsp3) is 0.333. The van der Waals surface area contributed by atoms with Gasteiger partial charge in [-0.1, -0.05) is 30.3 Å². The smallest absolute Gasteiger partial charge is 0.412 e. The van der Waals surface area contributed by atoms with Gasteiger partial charge in [-0.2, -0.15) is 0 Å². The maximum atomic E-state index is 13.4. The lowest BCUT2D eigenvalue weighted by atomic mass is 10.0. The number of para-hydroxylation sites is 1. The third kappa shape index (κ3) is 4.24. The Morgan fingerprint density at radius 3 is 2.67 bits per heavy atom. The highest BCUT2D eigenvalue weighted by Gasteiger charge is 2.23. The number of hydrogen-bond acceptors (Lipinski definition) is 4. The molecule has 1 atom stereocenters. The van der Waals surface area contributed by atoms with Crippen LogP contribution in [-0.2, 0) is 9.47 Å². The van der Waals surface area contributed by atoms with Gasteiger partial charge in [0.25, 0.3) is 0 Å². The van der Waals surface area contributed by atoms with Crippen molar-refractivity contribution in [2.75, 3.05) is 18.5 Å². The highest BCUT2D eigenvalue weighted by atomic mass is 16.6. The molecule has 156 valence electrons. The molecule has 1 aliphatic rings. The number of ether oxygens (including phenoxy) is 2. The van der Waals surface area contributed by atoms with Gasteiger partial charge in [0.05, 0.1) is 12.6 Å². The van der Waals surface area contributed by atoms with Crippen LogP contribution >= 0.6 is 0 Å². The molecule has 0 saturated carbocycles. The van der Waals surface area contributed by atoms with E-state index in [1.807, 2.05) is 30.5 Å². The molecule has 30 heavy (non-hydrogen) atoms. The van der Waals surface area contributed by atoms with Crippen LogP contribution in [0.5, 0.6) is 0 Å². The summed E-state index contributed by atoms with van der Waals surface area (Å²) in [5.74, 6) is -0.0864. The van der Waals surface area contributed by atoms with Crippen molar-refractivity contribution in [2.45, 2.75) is 38.8 Å². The van der Waals surface area contributed by atoms with Crippen LogP contribution in [0.4, 0.5) is 10.5 Å². The highest BCUT2D eigenvalue weighted by Crippen LogP contribution is 2.30. The Balaban J connectivity index is 1.64. The van der Waals surface area contributed by atoms with Gasteiger partial charge < -0.3 is 14.0 Å². The minimum absolute atomic E-state index is 0.0864. The van der Waals surface area contributed by atoms with Gasteiger partial charge in [0.15, 0.2) is 5.78 Å². The van der Waals surface area contributed by atoms with E-state index in [-0.39, 0.29) is 11.8 Å². The third-order valence-electron chi connectivity index (χ3n) is 5.05. The summed E-state index contributed by atoms with van der Waals surface area (Å²) in [5.41, 5.74) is 2.10. The van der Waals surface area contributed by atoms with E-state index in [4.69, 9.17) is 9.47 Å². The first-order chi connectivity index (χ1) is 14.3. The third-order valence-corrected chi connectivity index (χ3v) is 5.05. The topological polar surface area (TPSA) is 69.6 Å². The van der Waals surface area contributed by atoms with Gasteiger partial charge in [0.2, 0.25) is 0 Å². The summed E-state index contributed by atoms with van der Waals surface area (Å²) in [5, 5.41) is 3.61. The van der Waals surface area contributed by atoms with Crippen molar-refractivity contribution in [1.82, 2.24) is 4.57 Å². The number of carbonyl (C=O) groups excluding carboxylic acids is 2. The molecule has 1 amide bonds. The molecule has 1 aromatic heterocycles. The number of benzene rings is 2. The van der Waals surface area contributed by atoms with Crippen LogP contribution in [0.15, 0.2) is 54.7 Å². The second-order valence-corrected chi connectivity index (χ2v) is 8.52. The Bertz CT molecular complexity index is 1090. The Kier molecular flexibility index (Phi) is 5.35. The first-order valence-corrected chi connectivity index (χ1v) is 10.1. The van der Waals surface area contributed by atoms with E-state index in [2.05, 4.69) is 9.88 Å². The molecule has 1 aliphatic heterocycles. The average molecular weight is 406 g/mol. The maximum absolute atomic E-state index is 13.4. The van der Waals surface area contributed by atoms with Crippen LogP contribution in [-0.4, -0.2) is 35.3 Å². The van der Waals surface area contributed by atoms with Crippen LogP contribution < -0.4 is 5.32 Å². The van der Waals surface area contributed by atoms with Gasteiger partial charge >= 0.3 is 6.09 Å². The predicted molar refractivity (Wildman–Crippen MR) is 116 cm³/mol. The van der Waals surface area contributed by atoms with E-state index in [9.17, 15) is 9.59 Å². The Labute approximate surface area is 175 Å². The molecule has 1 saturated heterocycles. The van der Waals surface area contributed by atoms with E-state index in [1.54, 1.807) is 45.0 Å². The van der Waals surface area contributed by atoms with Crippen molar-refractivity contribution in [1.29, 1.82) is 0 Å². The number of anilines is 1. The van der Waals surface area contributed by atoms with Crippen LogP contribution in [0.3, 0.4) is 0 Å². The fourth-order valence-corrected chi connectivity index (χ4v) is 3.74. The Morgan fingerprint density at radius 1 is 1.13 bits per heavy atom. The maximum Gasteiger partial charge on any atom is 0.412 e. The number of aromatic nitrogens is 1. The number of nitrogens with zero attached hydrogens (tertiary/aromatic N) is 1. The molecule has 6 nitrogen and oxygen atoms in total. The summed E-state index contributed by atoms with van der Waals surface area (Å²) in [6.07, 6.45) is 2.31. The van der Waals surface area contributed by atoms with Gasteiger partial charge in [0, 0.05) is 40.5 Å². The molecule has 1 fully saturated rings. The summed E-state index contributed by atoms with van der Waals surface area (Å²) < 4.78 is 13.0. The second-order valence-electron chi connectivity index (χ2n) is 8.52. The lowest BCUT2D eigenvalue weighted by Gasteiger charge is -2.19. The molecular weight excluding hydrogens is 380 g/mol. The van der Waals surface area contributed by atoms with Crippen molar-refractivity contribution in [3.8, 4) is 0 Å². The lowest BCUT2D eigenvalue weighted by Crippen LogP contribution is -2.27. The van der Waals surface area contributed by atoms with Crippen molar-refractivity contribution in [3.05, 3.63) is 65.9 Å². The summed E-state index contributed by atoms with van der Waals surface area (Å²) in [4.78, 5) is 25.4. The normalized spacial score (nSPS) is 16.6. The molecule has 0 radical (unpaired) electrons. The Morgan fingerprint density at radius 2 is 1.93 bits per heavy atom. The van der Waals surface area contributed by atoms with Crippen LogP contribution in [0.2, 0.25) is 0 Å². The molecule has 4 rings (SSSR count). The molecule has 0 aliphatic carbocycles. The van der Waals surface area contributed by atoms with E-state index in [0.717, 1.165) is 23.9 Å². The zero-order valence-corrected chi connectivity index (χ0v) is 17.5. The zero-order valence-electron chi connectivity index (χ0n) is 17.5. The number of fused-ring (bicyclic) bond motifs is 1. The predicted octanol–water partition coefficient (Wildman–Crippen LogP) is 5.18. The SMILES string of the molecule is CC(C)(C)OC(=O)Nc1cccc(C(=O)c2cn(C3CCOC3)c3ccccc23)c1. The fourth-order valence-electron chi connectivity index (χ4n) is 3.74. The summed E-state index contributed by atoms with van der Waals surface area (Å²) in [6.45, 7) is 6.80. The first kappa shape index (κ1) is 20.2. The molecule has 0 bridgehead atoms. The van der Waals surface area contributed by atoms with Crippen molar-refractivity contribution < 1.29 is 19.1 Å². The molecule has 1 N–H and O–H groups in total. The minimum atomic E-state index is -0.594. The van der Waals surface area contributed by atoms with Crippen molar-refractivity contribution >= 4 is 28.5 Å². The number of nitrogens with one attached hydrogen (secondary N) is 1. The van der Waals surface area contributed by atoms with E-state index < -0.39 is 11.7 Å². The Hall–Kier alpha value is -3.12. The second kappa shape index (κ2) is 7.95. The molecule has 2 aromatic carbocycles. The van der Waals surface area contributed by atoms with Crippen molar-refractivity contribution in [3.63, 3.8) is 0 Å². The molecule has 0 spiro atoms. The summed E-state index contributed by atoms with van der Waals surface area (Å²) in [7, 11) is 0. The number of rotatable bonds is 4. The van der Waals surface area contributed by atoms with E-state index in [1.165, 1.54) is 0 Å². The van der Waals surface area contributed by atoms with Crippen molar-refractivity contribution in [2.24, 2.45) is 0 Å². The summed E-state index contributed by atoms with van der Waals surface area (Å²) in [6, 6.07) is 15.1. The van der Waals surface area contributed by atoms with Gasteiger partial charge in [0.1, 0.15) is 5.60 Å². The standard InChI is InChI=1S/C24H26N2O4/c1-24(2,3)30-23(28)25-17-8-6-7-16(13-17)22(27)20-14-26(18-11-12-29-15-18)21-10-5-4-9-19(20)21/h4-10,13-14,18H,11-12,15H2,1-3H3,(H,25,28). The number of ketones is 1. The van der Waals surface area contributed by atoms with Crippen LogP contribution in [0.25, 0.3) is 10.9 Å². The monoisotopic (exact) mass is 406 g/mol. The van der Waals surface area contributed by atoms with Crippen LogP contribution in [0.1, 0.15) is 49.2 Å². The lowest BCUT2D eigenvalue weighted by molar-refractivity contribution is 0.0635. The van der Waals surface area contributed by atoms with Gasteiger partial charge in [-0.25, -0.2) is 4.79 Å². The molecule has 6 heteroatoms. The average Bonchev–Trinajstić information content (AvgIpc) is 3.34. The highest BCUT2D eigenvalue weighted by molar-refractivity contribution is 6.16. The summed E-state index contributed by atoms with van der Waals surface area (Å²) >= 11 is 0. The van der Waals surface area contributed by atoms with Gasteiger partial charge in [-0.3, -0.25) is 10.1 Å². The number of hydrogen-bond donors (Lipinski definition) is 1. The molecule has 3 aromatic rings. The van der Waals surface area contributed by atoms with Gasteiger partial charge in [-0.05, 0) is 45.4 Å². The molecule has 1 unspecified atom stereocenters. The largest absolute Gasteiger partial charge is 0.444 e. The minimum Gasteiger partial charge on any atom is -0.444 e. The van der Waals surface area contributed by atoms with E-state index >= 15 is 0 Å². The quantitative estimate of drug-likeness (QED) is 0.606.